The van der Waals surface area contributed by atoms with Crippen LogP contribution in [0.1, 0.15) is 17.5 Å². The van der Waals surface area contributed by atoms with Crippen LogP contribution in [-0.4, -0.2) is 35.0 Å². The second-order valence-electron chi connectivity index (χ2n) is 6.41. The Labute approximate surface area is 157 Å². The summed E-state index contributed by atoms with van der Waals surface area (Å²) in [5.41, 5.74) is 1.81. The molecule has 1 heterocycles. The molecule has 0 saturated carbocycles. The average molecular weight is 374 g/mol. The Hall–Kier alpha value is -2.53. The maximum atomic E-state index is 12.4. The summed E-state index contributed by atoms with van der Waals surface area (Å²) in [4.78, 5) is 25.0. The summed E-state index contributed by atoms with van der Waals surface area (Å²) in [6, 6.07) is 14.9. The van der Waals surface area contributed by atoms with Gasteiger partial charge in [-0.15, -0.1) is 0 Å². The van der Waals surface area contributed by atoms with Crippen LogP contribution in [0, 0.1) is 5.92 Å². The van der Waals surface area contributed by atoms with Crippen LogP contribution in [0.15, 0.2) is 48.5 Å². The predicted molar refractivity (Wildman–Crippen MR) is 98.3 cm³/mol. The molecule has 2 aromatic carbocycles. The fraction of sp³-hybridized carbons (Fsp3) is 0.300. The second-order valence-corrected chi connectivity index (χ2v) is 6.84. The number of benzene rings is 2. The molecule has 0 aliphatic carbocycles. The van der Waals surface area contributed by atoms with Gasteiger partial charge in [0.2, 0.25) is 5.91 Å². The van der Waals surface area contributed by atoms with Crippen LogP contribution in [0.4, 0.5) is 0 Å². The van der Waals surface area contributed by atoms with Crippen molar-refractivity contribution in [2.75, 3.05) is 13.1 Å². The van der Waals surface area contributed by atoms with Gasteiger partial charge in [0.1, 0.15) is 12.4 Å². The molecule has 0 bridgehead atoms. The van der Waals surface area contributed by atoms with Crippen molar-refractivity contribution in [3.8, 4) is 5.75 Å². The molecule has 5 nitrogen and oxygen atoms in total. The molecule has 1 fully saturated rings. The van der Waals surface area contributed by atoms with E-state index >= 15 is 0 Å². The Kier molecular flexibility index (Phi) is 5.78. The monoisotopic (exact) mass is 373 g/mol. The Morgan fingerprint density at radius 1 is 1.15 bits per heavy atom. The van der Waals surface area contributed by atoms with Gasteiger partial charge in [0.05, 0.1) is 12.3 Å². The van der Waals surface area contributed by atoms with Crippen LogP contribution in [-0.2, 0) is 22.6 Å². The van der Waals surface area contributed by atoms with E-state index in [1.807, 2.05) is 48.5 Å². The molecule has 2 aromatic rings. The first-order chi connectivity index (χ1) is 12.5. The smallest absolute Gasteiger partial charge is 0.308 e. The van der Waals surface area contributed by atoms with Crippen molar-refractivity contribution >= 4 is 23.5 Å². The molecule has 1 N–H and O–H groups in total. The maximum absolute atomic E-state index is 12.4. The largest absolute Gasteiger partial charge is 0.489 e. The fourth-order valence-electron chi connectivity index (χ4n) is 3.01. The molecule has 1 amide bonds. The van der Waals surface area contributed by atoms with Gasteiger partial charge in [-0.1, -0.05) is 35.9 Å². The number of ether oxygens (including phenoxy) is 1. The lowest BCUT2D eigenvalue weighted by atomic mass is 10.1. The maximum Gasteiger partial charge on any atom is 0.308 e. The van der Waals surface area contributed by atoms with Crippen LogP contribution < -0.4 is 4.74 Å². The van der Waals surface area contributed by atoms with Crippen molar-refractivity contribution in [2.24, 2.45) is 5.92 Å². The number of nitrogens with zero attached hydrogens (tertiary/aromatic N) is 1. The molecule has 1 aliphatic rings. The predicted octanol–water partition coefficient (Wildman–Crippen LogP) is 3.39. The highest BCUT2D eigenvalue weighted by Gasteiger charge is 2.30. The molecule has 6 heteroatoms. The molecule has 0 spiro atoms. The van der Waals surface area contributed by atoms with Crippen molar-refractivity contribution in [1.29, 1.82) is 0 Å². The number of carboxylic acids is 1. The Balaban J connectivity index is 1.57. The van der Waals surface area contributed by atoms with Crippen molar-refractivity contribution in [3.05, 3.63) is 64.7 Å². The number of rotatable bonds is 6. The van der Waals surface area contributed by atoms with E-state index in [1.165, 1.54) is 0 Å². The van der Waals surface area contributed by atoms with Gasteiger partial charge in [-0.05, 0) is 41.8 Å². The Morgan fingerprint density at radius 2 is 1.92 bits per heavy atom. The summed E-state index contributed by atoms with van der Waals surface area (Å²) in [5.74, 6) is -0.663. The second kappa shape index (κ2) is 8.23. The van der Waals surface area contributed by atoms with Gasteiger partial charge in [0.15, 0.2) is 0 Å². The standard InChI is InChI=1S/C20H20ClNO4/c21-17-5-1-4-15(9-17)13-26-18-6-2-3-14(10-18)11-19(23)22-8-7-16(12-22)20(24)25/h1-6,9-10,16H,7-8,11-13H2,(H,24,25). The number of carbonyl (C=O) groups excluding carboxylic acids is 1. The molecular weight excluding hydrogens is 354 g/mol. The fourth-order valence-corrected chi connectivity index (χ4v) is 3.23. The van der Waals surface area contributed by atoms with Crippen molar-refractivity contribution in [3.63, 3.8) is 0 Å². The van der Waals surface area contributed by atoms with Crippen LogP contribution >= 0.6 is 11.6 Å². The molecule has 26 heavy (non-hydrogen) atoms. The van der Waals surface area contributed by atoms with Gasteiger partial charge in [0, 0.05) is 18.1 Å². The third-order valence-corrected chi connectivity index (χ3v) is 4.67. The Morgan fingerprint density at radius 3 is 2.65 bits per heavy atom. The topological polar surface area (TPSA) is 66.8 Å². The quantitative estimate of drug-likeness (QED) is 0.842. The summed E-state index contributed by atoms with van der Waals surface area (Å²) < 4.78 is 5.78. The van der Waals surface area contributed by atoms with E-state index < -0.39 is 11.9 Å². The molecule has 1 unspecified atom stereocenters. The number of hydrogen-bond donors (Lipinski definition) is 1. The van der Waals surface area contributed by atoms with E-state index in [0.29, 0.717) is 36.9 Å². The lowest BCUT2D eigenvalue weighted by Gasteiger charge is -2.16. The zero-order chi connectivity index (χ0) is 18.5. The van der Waals surface area contributed by atoms with Crippen molar-refractivity contribution in [2.45, 2.75) is 19.4 Å². The molecule has 136 valence electrons. The zero-order valence-corrected chi connectivity index (χ0v) is 15.0. The summed E-state index contributed by atoms with van der Waals surface area (Å²) in [7, 11) is 0. The van der Waals surface area contributed by atoms with Crippen molar-refractivity contribution in [1.82, 2.24) is 4.90 Å². The summed E-state index contributed by atoms with van der Waals surface area (Å²) in [6.07, 6.45) is 0.755. The highest BCUT2D eigenvalue weighted by Crippen LogP contribution is 2.20. The lowest BCUT2D eigenvalue weighted by Crippen LogP contribution is -2.31. The first-order valence-electron chi connectivity index (χ1n) is 8.48. The Bertz CT molecular complexity index is 808. The highest BCUT2D eigenvalue weighted by atomic mass is 35.5. The number of carboxylic acid groups (broad SMARTS) is 1. The molecule has 0 radical (unpaired) electrons. The first-order valence-corrected chi connectivity index (χ1v) is 8.86. The van der Waals surface area contributed by atoms with Crippen LogP contribution in [0.25, 0.3) is 0 Å². The van der Waals surface area contributed by atoms with E-state index in [-0.39, 0.29) is 12.3 Å². The normalized spacial score (nSPS) is 16.5. The highest BCUT2D eigenvalue weighted by molar-refractivity contribution is 6.30. The third kappa shape index (κ3) is 4.76. The van der Waals surface area contributed by atoms with Crippen LogP contribution in [0.5, 0.6) is 5.75 Å². The van der Waals surface area contributed by atoms with Crippen LogP contribution in [0.3, 0.4) is 0 Å². The molecular formula is C20H20ClNO4. The molecule has 1 saturated heterocycles. The summed E-state index contributed by atoms with van der Waals surface area (Å²) >= 11 is 5.97. The third-order valence-electron chi connectivity index (χ3n) is 4.44. The van der Waals surface area contributed by atoms with Gasteiger partial charge < -0.3 is 14.7 Å². The minimum Gasteiger partial charge on any atom is -0.489 e. The molecule has 3 rings (SSSR count). The van der Waals surface area contributed by atoms with E-state index in [4.69, 9.17) is 21.4 Å². The van der Waals surface area contributed by atoms with Gasteiger partial charge in [-0.25, -0.2) is 0 Å². The zero-order valence-electron chi connectivity index (χ0n) is 14.2. The van der Waals surface area contributed by atoms with Gasteiger partial charge in [0.25, 0.3) is 0 Å². The number of aliphatic carboxylic acids is 1. The van der Waals surface area contributed by atoms with E-state index in [9.17, 15) is 9.59 Å². The molecule has 1 atom stereocenters. The molecule has 0 aromatic heterocycles. The van der Waals surface area contributed by atoms with Gasteiger partial charge >= 0.3 is 5.97 Å². The average Bonchev–Trinajstić information content (AvgIpc) is 3.11. The summed E-state index contributed by atoms with van der Waals surface area (Å²) in [5, 5.41) is 9.71. The summed E-state index contributed by atoms with van der Waals surface area (Å²) in [6.45, 7) is 1.18. The van der Waals surface area contributed by atoms with Crippen molar-refractivity contribution < 1.29 is 19.4 Å². The minimum absolute atomic E-state index is 0.0549. The van der Waals surface area contributed by atoms with E-state index in [2.05, 4.69) is 0 Å². The van der Waals surface area contributed by atoms with Gasteiger partial charge in [-0.2, -0.15) is 0 Å². The van der Waals surface area contributed by atoms with E-state index in [0.717, 1.165) is 11.1 Å². The number of halogens is 1. The lowest BCUT2D eigenvalue weighted by molar-refractivity contribution is -0.141. The molecule has 1 aliphatic heterocycles. The first kappa shape index (κ1) is 18.3. The van der Waals surface area contributed by atoms with Gasteiger partial charge in [-0.3, -0.25) is 9.59 Å². The number of amides is 1. The van der Waals surface area contributed by atoms with E-state index in [1.54, 1.807) is 4.90 Å². The number of carbonyl (C=O) groups is 2. The SMILES string of the molecule is O=C(O)C1CCN(C(=O)Cc2cccc(OCc3cccc(Cl)c3)c2)C1. The number of hydrogen-bond acceptors (Lipinski definition) is 3. The van der Waals surface area contributed by atoms with Crippen LogP contribution in [0.2, 0.25) is 5.02 Å². The minimum atomic E-state index is -0.836. The number of likely N-dealkylation sites (tertiary alicyclic amines) is 1.